The molecule has 0 heterocycles. The predicted molar refractivity (Wildman–Crippen MR) is 137 cm³/mol. The molecule has 0 aliphatic rings. The number of anilines is 2. The summed E-state index contributed by atoms with van der Waals surface area (Å²) in [6.45, 7) is 2.75. The number of amides is 2. The van der Waals surface area contributed by atoms with Crippen LogP contribution in [0.1, 0.15) is 53.3 Å². The normalized spacial score (nSPS) is 10.5. The SMILES string of the molecule is CCCCCCOc1ccc(Br)cc1C(=O)Nc1ccc(C(=O)N(C)c2ccccc2)cc1. The Morgan fingerprint density at radius 3 is 2.36 bits per heavy atom. The van der Waals surface area contributed by atoms with E-state index in [0.717, 1.165) is 23.0 Å². The van der Waals surface area contributed by atoms with Gasteiger partial charge in [-0.1, -0.05) is 60.3 Å². The van der Waals surface area contributed by atoms with Gasteiger partial charge in [-0.25, -0.2) is 0 Å². The zero-order valence-corrected chi connectivity index (χ0v) is 20.6. The second-order valence-electron chi connectivity index (χ2n) is 7.78. The maximum atomic E-state index is 12.9. The minimum absolute atomic E-state index is 0.121. The van der Waals surface area contributed by atoms with Crippen LogP contribution >= 0.6 is 15.9 Å². The summed E-state index contributed by atoms with van der Waals surface area (Å²) in [7, 11) is 1.74. The largest absolute Gasteiger partial charge is 0.493 e. The van der Waals surface area contributed by atoms with Gasteiger partial charge < -0.3 is 15.0 Å². The molecule has 6 heteroatoms. The van der Waals surface area contributed by atoms with Gasteiger partial charge in [0.1, 0.15) is 5.75 Å². The lowest BCUT2D eigenvalue weighted by Crippen LogP contribution is -2.26. The van der Waals surface area contributed by atoms with Crippen molar-refractivity contribution in [2.75, 3.05) is 23.9 Å². The first kappa shape index (κ1) is 24.5. The number of hydrogen-bond donors (Lipinski definition) is 1. The second kappa shape index (κ2) is 12.2. The summed E-state index contributed by atoms with van der Waals surface area (Å²) in [4.78, 5) is 27.3. The molecule has 172 valence electrons. The van der Waals surface area contributed by atoms with E-state index in [1.54, 1.807) is 48.3 Å². The number of hydrogen-bond acceptors (Lipinski definition) is 3. The fraction of sp³-hybridized carbons (Fsp3) is 0.259. The fourth-order valence-electron chi connectivity index (χ4n) is 3.37. The Balaban J connectivity index is 1.66. The molecule has 0 aliphatic heterocycles. The summed E-state index contributed by atoms with van der Waals surface area (Å²) in [5.74, 6) is 0.175. The second-order valence-corrected chi connectivity index (χ2v) is 8.70. The minimum atomic E-state index is -0.264. The van der Waals surface area contributed by atoms with Crippen LogP contribution in [0.2, 0.25) is 0 Å². The Morgan fingerprint density at radius 2 is 1.67 bits per heavy atom. The van der Waals surface area contributed by atoms with Gasteiger partial charge in [0.25, 0.3) is 11.8 Å². The van der Waals surface area contributed by atoms with Crippen molar-refractivity contribution < 1.29 is 14.3 Å². The molecule has 0 bridgehead atoms. The van der Waals surface area contributed by atoms with E-state index in [0.29, 0.717) is 29.2 Å². The monoisotopic (exact) mass is 508 g/mol. The van der Waals surface area contributed by atoms with E-state index < -0.39 is 0 Å². The van der Waals surface area contributed by atoms with Gasteiger partial charge in [0.2, 0.25) is 0 Å². The van der Waals surface area contributed by atoms with Crippen LogP contribution in [0.4, 0.5) is 11.4 Å². The molecule has 0 saturated carbocycles. The van der Waals surface area contributed by atoms with Crippen molar-refractivity contribution in [3.8, 4) is 5.75 Å². The Labute approximate surface area is 203 Å². The van der Waals surface area contributed by atoms with E-state index in [-0.39, 0.29) is 11.8 Å². The molecule has 0 aromatic heterocycles. The average molecular weight is 509 g/mol. The lowest BCUT2D eigenvalue weighted by molar-refractivity contribution is 0.0991. The number of para-hydroxylation sites is 1. The van der Waals surface area contributed by atoms with Gasteiger partial charge in [0, 0.05) is 28.5 Å². The van der Waals surface area contributed by atoms with Gasteiger partial charge in [-0.3, -0.25) is 9.59 Å². The lowest BCUT2D eigenvalue weighted by atomic mass is 10.1. The summed E-state index contributed by atoms with van der Waals surface area (Å²) < 4.78 is 6.69. The van der Waals surface area contributed by atoms with Crippen LogP contribution in [0.15, 0.2) is 77.3 Å². The number of carbonyl (C=O) groups is 2. The zero-order valence-electron chi connectivity index (χ0n) is 19.0. The maximum absolute atomic E-state index is 12.9. The third-order valence-corrected chi connectivity index (χ3v) is 5.77. The van der Waals surface area contributed by atoms with Gasteiger partial charge in [-0.05, 0) is 61.0 Å². The summed E-state index contributed by atoms with van der Waals surface area (Å²) in [6, 6.07) is 21.8. The predicted octanol–water partition coefficient (Wildman–Crippen LogP) is 6.94. The highest BCUT2D eigenvalue weighted by molar-refractivity contribution is 9.10. The van der Waals surface area contributed by atoms with Gasteiger partial charge in [0.15, 0.2) is 0 Å². The van der Waals surface area contributed by atoms with Gasteiger partial charge in [-0.15, -0.1) is 0 Å². The molecule has 0 atom stereocenters. The maximum Gasteiger partial charge on any atom is 0.259 e. The van der Waals surface area contributed by atoms with Crippen molar-refractivity contribution in [3.05, 3.63) is 88.4 Å². The van der Waals surface area contributed by atoms with Gasteiger partial charge in [-0.2, -0.15) is 0 Å². The highest BCUT2D eigenvalue weighted by Gasteiger charge is 2.16. The molecule has 0 aliphatic carbocycles. The van der Waals surface area contributed by atoms with Crippen LogP contribution in [0.3, 0.4) is 0 Å². The van der Waals surface area contributed by atoms with E-state index in [2.05, 4.69) is 28.2 Å². The first-order valence-corrected chi connectivity index (χ1v) is 12.0. The Morgan fingerprint density at radius 1 is 0.939 bits per heavy atom. The Hall–Kier alpha value is -3.12. The molecule has 0 fully saturated rings. The van der Waals surface area contributed by atoms with Crippen LogP contribution < -0.4 is 15.0 Å². The molecule has 1 N–H and O–H groups in total. The Bertz CT molecular complexity index is 1070. The average Bonchev–Trinajstić information content (AvgIpc) is 2.84. The van der Waals surface area contributed by atoms with Crippen LogP contribution in [0.5, 0.6) is 5.75 Å². The first-order valence-electron chi connectivity index (χ1n) is 11.2. The van der Waals surface area contributed by atoms with Crippen molar-refractivity contribution in [3.63, 3.8) is 0 Å². The van der Waals surface area contributed by atoms with Crippen LogP contribution in [-0.4, -0.2) is 25.5 Å². The lowest BCUT2D eigenvalue weighted by Gasteiger charge is -2.17. The summed E-state index contributed by atoms with van der Waals surface area (Å²) in [5, 5.41) is 2.90. The Kier molecular flexibility index (Phi) is 9.07. The quantitative estimate of drug-likeness (QED) is 0.301. The van der Waals surface area contributed by atoms with Crippen molar-refractivity contribution in [1.29, 1.82) is 0 Å². The number of nitrogens with one attached hydrogen (secondary N) is 1. The smallest absolute Gasteiger partial charge is 0.259 e. The van der Waals surface area contributed by atoms with E-state index in [1.165, 1.54) is 12.8 Å². The van der Waals surface area contributed by atoms with Crippen molar-refractivity contribution >= 4 is 39.1 Å². The zero-order chi connectivity index (χ0) is 23.6. The third kappa shape index (κ3) is 6.93. The number of ether oxygens (including phenoxy) is 1. The minimum Gasteiger partial charge on any atom is -0.493 e. The molecule has 0 unspecified atom stereocenters. The van der Waals surface area contributed by atoms with Crippen LogP contribution in [0, 0.1) is 0 Å². The fourth-order valence-corrected chi connectivity index (χ4v) is 3.73. The highest BCUT2D eigenvalue weighted by atomic mass is 79.9. The van der Waals surface area contributed by atoms with E-state index >= 15 is 0 Å². The van der Waals surface area contributed by atoms with E-state index in [1.807, 2.05) is 36.4 Å². The molecule has 33 heavy (non-hydrogen) atoms. The van der Waals surface area contributed by atoms with Crippen LogP contribution in [0.25, 0.3) is 0 Å². The molecule has 5 nitrogen and oxygen atoms in total. The molecule has 0 saturated heterocycles. The molecule has 2 amide bonds. The number of halogens is 1. The number of benzene rings is 3. The van der Waals surface area contributed by atoms with E-state index in [9.17, 15) is 9.59 Å². The van der Waals surface area contributed by atoms with Crippen molar-refractivity contribution in [1.82, 2.24) is 0 Å². The summed E-state index contributed by atoms with van der Waals surface area (Å²) in [5.41, 5.74) is 2.42. The number of unbranched alkanes of at least 4 members (excludes halogenated alkanes) is 3. The third-order valence-electron chi connectivity index (χ3n) is 5.28. The van der Waals surface area contributed by atoms with Crippen LogP contribution in [-0.2, 0) is 0 Å². The molecule has 3 aromatic rings. The van der Waals surface area contributed by atoms with Gasteiger partial charge >= 0.3 is 0 Å². The molecule has 0 radical (unpaired) electrons. The highest BCUT2D eigenvalue weighted by Crippen LogP contribution is 2.25. The first-order chi connectivity index (χ1) is 16.0. The van der Waals surface area contributed by atoms with Gasteiger partial charge in [0.05, 0.1) is 12.2 Å². The molecular weight excluding hydrogens is 480 g/mol. The standard InChI is InChI=1S/C27H29BrN2O3/c1-3-4-5-9-18-33-25-17-14-21(28)19-24(25)26(31)29-22-15-12-20(13-16-22)27(32)30(2)23-10-7-6-8-11-23/h6-8,10-17,19H,3-5,9,18H2,1-2H3,(H,29,31). The molecule has 0 spiro atoms. The number of carbonyl (C=O) groups excluding carboxylic acids is 2. The number of nitrogens with zero attached hydrogens (tertiary/aromatic N) is 1. The van der Waals surface area contributed by atoms with E-state index in [4.69, 9.17) is 4.74 Å². The molecule has 3 rings (SSSR count). The summed E-state index contributed by atoms with van der Waals surface area (Å²) >= 11 is 3.43. The molecule has 3 aromatic carbocycles. The number of rotatable bonds is 10. The topological polar surface area (TPSA) is 58.6 Å². The van der Waals surface area contributed by atoms with Crippen molar-refractivity contribution in [2.45, 2.75) is 32.6 Å². The summed E-state index contributed by atoms with van der Waals surface area (Å²) in [6.07, 6.45) is 4.41. The van der Waals surface area contributed by atoms with Crippen molar-refractivity contribution in [2.24, 2.45) is 0 Å². The molecular formula is C27H29BrN2O3.